The molecule has 21 heavy (non-hydrogen) atoms. The van der Waals surface area contributed by atoms with Gasteiger partial charge in [-0.2, -0.15) is 26.3 Å². The van der Waals surface area contributed by atoms with Crippen LogP contribution in [0.3, 0.4) is 0 Å². The van der Waals surface area contributed by atoms with Gasteiger partial charge >= 0.3 is 24.2 Å². The van der Waals surface area contributed by atoms with Gasteiger partial charge in [0, 0.05) is 15.0 Å². The van der Waals surface area contributed by atoms with Crippen molar-refractivity contribution >= 4 is 25.4 Å². The molecule has 0 bridgehead atoms. The summed E-state index contributed by atoms with van der Waals surface area (Å²) in [6.07, 6.45) is -9.32. The summed E-state index contributed by atoms with van der Waals surface area (Å²) >= 11 is 0. The lowest BCUT2D eigenvalue weighted by atomic mass is 10.3. The molecule has 0 saturated carbocycles. The lowest BCUT2D eigenvalue weighted by molar-refractivity contribution is -0.204. The number of rotatable bonds is 4. The Morgan fingerprint density at radius 2 is 1.57 bits per heavy atom. The molecule has 0 spiro atoms. The number of amides is 2. The van der Waals surface area contributed by atoms with Gasteiger partial charge in [-0.05, 0) is 19.4 Å². The fraction of sp³-hybridized carbons (Fsp3) is 0.545. The first kappa shape index (κ1) is 17.6. The number of hydrogen-bond acceptors (Lipinski definition) is 2. The van der Waals surface area contributed by atoms with Gasteiger partial charge in [0.05, 0.1) is 0 Å². The van der Waals surface area contributed by atoms with Crippen LogP contribution in [0.2, 0.25) is 6.04 Å². The standard InChI is InChI=1S/C11H11F6NO2Si/c1-7-3-6-21(7)5-2-4-18(8(19)10(12,13)14)9(20)11(15,16)17/h3,6H,2,4-5H2,1H3. The molecule has 0 atom stereocenters. The molecular weight excluding hydrogens is 320 g/mol. The van der Waals surface area contributed by atoms with Crippen LogP contribution in [0.25, 0.3) is 0 Å². The molecule has 1 aliphatic heterocycles. The normalized spacial score (nSPS) is 15.0. The summed E-state index contributed by atoms with van der Waals surface area (Å²) in [4.78, 5) is 21.1. The maximum absolute atomic E-state index is 12.3. The van der Waals surface area contributed by atoms with Crippen LogP contribution < -0.4 is 0 Å². The zero-order chi connectivity index (χ0) is 16.4. The largest absolute Gasteiger partial charge is 0.471 e. The molecule has 2 amide bonds. The fourth-order valence-electron chi connectivity index (χ4n) is 1.68. The molecule has 10 heteroatoms. The average Bonchev–Trinajstić information content (AvgIpc) is 2.33. The van der Waals surface area contributed by atoms with E-state index in [0.717, 1.165) is 5.17 Å². The highest BCUT2D eigenvalue weighted by Crippen LogP contribution is 2.24. The summed E-state index contributed by atoms with van der Waals surface area (Å²) in [5.41, 5.74) is 1.85. The zero-order valence-electron chi connectivity index (χ0n) is 10.8. The van der Waals surface area contributed by atoms with Crippen LogP contribution in [0.4, 0.5) is 26.3 Å². The van der Waals surface area contributed by atoms with Crippen LogP contribution in [0.15, 0.2) is 11.8 Å². The van der Waals surface area contributed by atoms with Crippen molar-refractivity contribution in [3.63, 3.8) is 0 Å². The van der Waals surface area contributed by atoms with Crippen molar-refractivity contribution in [2.45, 2.75) is 31.7 Å². The quantitative estimate of drug-likeness (QED) is 0.585. The van der Waals surface area contributed by atoms with Crippen molar-refractivity contribution in [3.05, 3.63) is 11.8 Å². The first-order valence-electron chi connectivity index (χ1n) is 5.82. The Balaban J connectivity index is 2.75. The number of nitrogens with zero attached hydrogens (tertiary/aromatic N) is 1. The topological polar surface area (TPSA) is 37.4 Å². The van der Waals surface area contributed by atoms with Gasteiger partial charge in [0.2, 0.25) is 0 Å². The molecule has 0 N–H and O–H groups in total. The highest BCUT2D eigenvalue weighted by Gasteiger charge is 2.51. The maximum Gasteiger partial charge on any atom is 0.471 e. The summed E-state index contributed by atoms with van der Waals surface area (Å²) in [6, 6.07) is 0.375. The van der Waals surface area contributed by atoms with E-state index in [1.807, 2.05) is 18.7 Å². The second-order valence-electron chi connectivity index (χ2n) is 4.40. The minimum atomic E-state index is -5.52. The number of carbonyl (C=O) groups excluding carboxylic acids is 2. The summed E-state index contributed by atoms with van der Waals surface area (Å²) in [5, 5.41) is 1.05. The highest BCUT2D eigenvalue weighted by molar-refractivity contribution is 6.81. The predicted octanol–water partition coefficient (Wildman–Crippen LogP) is 2.23. The van der Waals surface area contributed by atoms with E-state index in [-0.39, 0.29) is 6.42 Å². The van der Waals surface area contributed by atoms with E-state index in [1.165, 1.54) is 0 Å². The van der Waals surface area contributed by atoms with E-state index in [1.54, 1.807) is 0 Å². The van der Waals surface area contributed by atoms with E-state index in [0.29, 0.717) is 6.04 Å². The minimum absolute atomic E-state index is 0.0976. The smallest absolute Gasteiger partial charge is 0.267 e. The highest BCUT2D eigenvalue weighted by atomic mass is 28.2. The Morgan fingerprint density at radius 1 is 1.10 bits per heavy atom. The Hall–Kier alpha value is -1.45. The molecule has 1 rings (SSSR count). The Kier molecular flexibility index (Phi) is 5.13. The molecule has 3 nitrogen and oxygen atoms in total. The van der Waals surface area contributed by atoms with Crippen molar-refractivity contribution < 1.29 is 35.9 Å². The number of halogens is 6. The SMILES string of the molecule is CC1=[Si](CCCN(C(=O)C(F)(F)F)C(=O)C(F)(F)F)C=C1. The summed E-state index contributed by atoms with van der Waals surface area (Å²) in [5.74, 6) is -5.57. The monoisotopic (exact) mass is 331 g/mol. The second kappa shape index (κ2) is 6.12. The molecule has 0 aromatic rings. The van der Waals surface area contributed by atoms with E-state index in [9.17, 15) is 35.9 Å². The number of alkyl halides is 6. The first-order valence-corrected chi connectivity index (χ1v) is 7.60. The Bertz CT molecular complexity index is 480. The third-order valence-electron chi connectivity index (χ3n) is 2.84. The van der Waals surface area contributed by atoms with E-state index in [4.69, 9.17) is 0 Å². The molecule has 0 fully saturated rings. The van der Waals surface area contributed by atoms with E-state index in [2.05, 4.69) is 0 Å². The van der Waals surface area contributed by atoms with Gasteiger partial charge in [-0.15, -0.1) is 0 Å². The van der Waals surface area contributed by atoms with E-state index < -0.39 is 44.0 Å². The van der Waals surface area contributed by atoms with Gasteiger partial charge in [-0.1, -0.05) is 16.9 Å². The van der Waals surface area contributed by atoms with Crippen molar-refractivity contribution in [3.8, 4) is 0 Å². The van der Waals surface area contributed by atoms with Gasteiger partial charge in [-0.25, -0.2) is 0 Å². The molecule has 0 aliphatic carbocycles. The molecule has 1 heterocycles. The van der Waals surface area contributed by atoms with Crippen molar-refractivity contribution in [1.82, 2.24) is 4.90 Å². The lowest BCUT2D eigenvalue weighted by Gasteiger charge is -2.23. The summed E-state index contributed by atoms with van der Waals surface area (Å²) < 4.78 is 73.5. The number of imide groups is 1. The predicted molar refractivity (Wildman–Crippen MR) is 63.8 cm³/mol. The molecule has 118 valence electrons. The molecule has 0 aromatic carbocycles. The maximum atomic E-state index is 12.3. The number of carbonyl (C=O) groups is 2. The number of hydrogen-bond donors (Lipinski definition) is 0. The van der Waals surface area contributed by atoms with Crippen molar-refractivity contribution in [2.75, 3.05) is 6.54 Å². The average molecular weight is 331 g/mol. The van der Waals surface area contributed by atoms with Crippen LogP contribution in [0, 0.1) is 0 Å². The molecular formula is C11H11F6NO2Si. The van der Waals surface area contributed by atoms with Crippen molar-refractivity contribution in [2.24, 2.45) is 0 Å². The Morgan fingerprint density at radius 3 is 1.86 bits per heavy atom. The van der Waals surface area contributed by atoms with Crippen LogP contribution in [-0.4, -0.2) is 49.2 Å². The van der Waals surface area contributed by atoms with Gasteiger partial charge < -0.3 is 0 Å². The molecule has 0 saturated heterocycles. The molecule has 0 unspecified atom stereocenters. The van der Waals surface area contributed by atoms with Crippen LogP contribution >= 0.6 is 0 Å². The van der Waals surface area contributed by atoms with Crippen molar-refractivity contribution in [1.29, 1.82) is 0 Å². The molecule has 1 aliphatic rings. The van der Waals surface area contributed by atoms with Crippen LogP contribution in [0.1, 0.15) is 13.3 Å². The zero-order valence-corrected chi connectivity index (χ0v) is 11.8. The third-order valence-corrected chi connectivity index (χ3v) is 5.49. The first-order chi connectivity index (χ1) is 9.44. The molecule has 0 aromatic heterocycles. The minimum Gasteiger partial charge on any atom is -0.267 e. The van der Waals surface area contributed by atoms with Crippen LogP contribution in [0.5, 0.6) is 0 Å². The second-order valence-corrected chi connectivity index (χ2v) is 7.08. The van der Waals surface area contributed by atoms with Gasteiger partial charge in [0.15, 0.2) is 0 Å². The van der Waals surface area contributed by atoms with Gasteiger partial charge in [0.1, 0.15) is 0 Å². The molecule has 0 radical (unpaired) electrons. The summed E-state index contributed by atoms with van der Waals surface area (Å²) in [6.45, 7) is 0.916. The van der Waals surface area contributed by atoms with Gasteiger partial charge in [0.25, 0.3) is 0 Å². The van der Waals surface area contributed by atoms with E-state index >= 15 is 0 Å². The Labute approximate surface area is 117 Å². The lowest BCUT2D eigenvalue weighted by Crippen LogP contribution is -2.50. The fourth-order valence-corrected chi connectivity index (χ4v) is 3.51. The summed E-state index contributed by atoms with van der Waals surface area (Å²) in [7, 11) is -1.02. The van der Waals surface area contributed by atoms with Crippen LogP contribution in [-0.2, 0) is 9.59 Å². The number of allylic oxidation sites excluding steroid dienone is 1. The van der Waals surface area contributed by atoms with Gasteiger partial charge in [-0.3, -0.25) is 14.5 Å². The third kappa shape index (κ3) is 4.51.